The van der Waals surface area contributed by atoms with Gasteiger partial charge >= 0.3 is 0 Å². The Hall–Kier alpha value is -3.46. The van der Waals surface area contributed by atoms with Crippen molar-refractivity contribution in [1.29, 1.82) is 0 Å². The van der Waals surface area contributed by atoms with E-state index in [0.29, 0.717) is 21.1 Å². The predicted octanol–water partition coefficient (Wildman–Crippen LogP) is 4.25. The normalized spacial score (nSPS) is 10.4. The fourth-order valence-corrected chi connectivity index (χ4v) is 3.39. The zero-order valence-corrected chi connectivity index (χ0v) is 15.8. The second kappa shape index (κ2) is 8.05. The van der Waals surface area contributed by atoms with Gasteiger partial charge in [0.05, 0.1) is 21.8 Å². The molecule has 9 heteroatoms. The molecule has 0 spiro atoms. The predicted molar refractivity (Wildman–Crippen MR) is 104 cm³/mol. The monoisotopic (exact) mass is 401 g/mol. The fourth-order valence-electron chi connectivity index (χ4n) is 2.43. The lowest BCUT2D eigenvalue weighted by atomic mass is 10.2. The molecule has 0 fully saturated rings. The van der Waals surface area contributed by atoms with E-state index in [2.05, 4.69) is 16.0 Å². The molecule has 2 heterocycles. The van der Waals surface area contributed by atoms with Crippen molar-refractivity contribution in [3.05, 3.63) is 64.7 Å². The molecule has 3 rings (SSSR count). The highest BCUT2D eigenvalue weighted by Crippen LogP contribution is 2.28. The Balaban J connectivity index is 1.74. The second-order valence-electron chi connectivity index (χ2n) is 5.88. The van der Waals surface area contributed by atoms with Crippen LogP contribution in [0.1, 0.15) is 32.7 Å². The Morgan fingerprint density at radius 1 is 1.04 bits per heavy atom. The molecule has 144 valence electrons. The molecule has 0 atom stereocenters. The van der Waals surface area contributed by atoms with E-state index in [1.54, 1.807) is 19.1 Å². The summed E-state index contributed by atoms with van der Waals surface area (Å²) in [6.45, 7) is 3.00. The maximum Gasteiger partial charge on any atom is 0.291 e. The maximum atomic E-state index is 13.7. The van der Waals surface area contributed by atoms with Crippen molar-refractivity contribution < 1.29 is 23.2 Å². The average molecular weight is 401 g/mol. The summed E-state index contributed by atoms with van der Waals surface area (Å²) in [5.74, 6) is -1.70. The molecule has 0 saturated carbocycles. The van der Waals surface area contributed by atoms with E-state index in [4.69, 9.17) is 4.42 Å². The molecule has 0 saturated heterocycles. The van der Waals surface area contributed by atoms with E-state index in [1.807, 2.05) is 0 Å². The topological polar surface area (TPSA) is 100 Å². The number of hydrogen-bond acceptors (Lipinski definition) is 5. The Bertz CT molecular complexity index is 1040. The van der Waals surface area contributed by atoms with Gasteiger partial charge in [0.15, 0.2) is 5.76 Å². The summed E-state index contributed by atoms with van der Waals surface area (Å²) >= 11 is 1.10. The molecule has 0 bridgehead atoms. The number of rotatable bonds is 5. The molecule has 7 nitrogen and oxygen atoms in total. The molecule has 0 radical (unpaired) electrons. The first kappa shape index (κ1) is 19.3. The van der Waals surface area contributed by atoms with E-state index in [0.717, 1.165) is 17.4 Å². The number of nitrogens with one attached hydrogen (secondary N) is 3. The Morgan fingerprint density at radius 2 is 1.82 bits per heavy atom. The molecule has 0 aliphatic carbocycles. The van der Waals surface area contributed by atoms with Gasteiger partial charge in [0, 0.05) is 12.6 Å². The van der Waals surface area contributed by atoms with Crippen LogP contribution in [0.3, 0.4) is 0 Å². The number of anilines is 3. The van der Waals surface area contributed by atoms with Crippen molar-refractivity contribution in [2.45, 2.75) is 13.8 Å². The standard InChI is InChI=1S/C19H16FN3O4S/c1-10-8-16(23-18(25)15-4-3-7-27-15)28-17(10)19(26)22-12-5-6-13(20)14(9-12)21-11(2)24/h3-9H,1-2H3,(H,21,24)(H,22,26)(H,23,25). The summed E-state index contributed by atoms with van der Waals surface area (Å²) in [6, 6.07) is 8.68. The van der Waals surface area contributed by atoms with Crippen LogP contribution in [0.4, 0.5) is 20.8 Å². The van der Waals surface area contributed by atoms with Crippen LogP contribution in [-0.2, 0) is 4.79 Å². The van der Waals surface area contributed by atoms with Gasteiger partial charge in [-0.2, -0.15) is 0 Å². The quantitative estimate of drug-likeness (QED) is 0.595. The van der Waals surface area contributed by atoms with Crippen molar-refractivity contribution in [3.63, 3.8) is 0 Å². The molecule has 0 aliphatic rings. The van der Waals surface area contributed by atoms with Crippen LogP contribution in [0.5, 0.6) is 0 Å². The van der Waals surface area contributed by atoms with Gasteiger partial charge in [-0.05, 0) is 48.9 Å². The van der Waals surface area contributed by atoms with Crippen molar-refractivity contribution in [1.82, 2.24) is 0 Å². The van der Waals surface area contributed by atoms with Gasteiger partial charge in [0.1, 0.15) is 5.82 Å². The summed E-state index contributed by atoms with van der Waals surface area (Å²) in [4.78, 5) is 36.1. The third kappa shape index (κ3) is 4.44. The zero-order chi connectivity index (χ0) is 20.3. The SMILES string of the molecule is CC(=O)Nc1cc(NC(=O)c2sc(NC(=O)c3ccco3)cc2C)ccc1F. The molecular formula is C19H16FN3O4S. The molecule has 28 heavy (non-hydrogen) atoms. The molecular weight excluding hydrogens is 385 g/mol. The van der Waals surface area contributed by atoms with E-state index in [-0.39, 0.29) is 11.4 Å². The first-order valence-electron chi connectivity index (χ1n) is 8.17. The van der Waals surface area contributed by atoms with Crippen LogP contribution in [0.25, 0.3) is 0 Å². The van der Waals surface area contributed by atoms with Crippen LogP contribution < -0.4 is 16.0 Å². The van der Waals surface area contributed by atoms with Gasteiger partial charge < -0.3 is 20.4 Å². The number of carbonyl (C=O) groups is 3. The first-order valence-corrected chi connectivity index (χ1v) is 8.99. The maximum absolute atomic E-state index is 13.7. The third-order valence-corrected chi connectivity index (χ3v) is 4.79. The van der Waals surface area contributed by atoms with Crippen molar-refractivity contribution in [2.24, 2.45) is 0 Å². The minimum atomic E-state index is -0.608. The highest BCUT2D eigenvalue weighted by molar-refractivity contribution is 7.18. The number of hydrogen-bond donors (Lipinski definition) is 3. The summed E-state index contributed by atoms with van der Waals surface area (Å²) in [5.41, 5.74) is 0.963. The van der Waals surface area contributed by atoms with Gasteiger partial charge in [0.25, 0.3) is 11.8 Å². The van der Waals surface area contributed by atoms with Gasteiger partial charge in [-0.1, -0.05) is 0 Å². The van der Waals surface area contributed by atoms with Crippen LogP contribution >= 0.6 is 11.3 Å². The number of amides is 3. The summed E-state index contributed by atoms with van der Waals surface area (Å²) in [5, 5.41) is 8.17. The van der Waals surface area contributed by atoms with Crippen LogP contribution in [-0.4, -0.2) is 17.7 Å². The van der Waals surface area contributed by atoms with Crippen LogP contribution in [0.15, 0.2) is 47.1 Å². The Kier molecular flexibility index (Phi) is 5.55. The zero-order valence-electron chi connectivity index (χ0n) is 15.0. The van der Waals surface area contributed by atoms with E-state index in [9.17, 15) is 18.8 Å². The lowest BCUT2D eigenvalue weighted by Crippen LogP contribution is -2.13. The van der Waals surface area contributed by atoms with Crippen LogP contribution in [0.2, 0.25) is 0 Å². The number of halogens is 1. The minimum absolute atomic E-state index is 0.0281. The van der Waals surface area contributed by atoms with Crippen molar-refractivity contribution in [2.75, 3.05) is 16.0 Å². The smallest absolute Gasteiger partial charge is 0.291 e. The Labute approximate surface area is 163 Å². The van der Waals surface area contributed by atoms with Crippen molar-refractivity contribution in [3.8, 4) is 0 Å². The second-order valence-corrected chi connectivity index (χ2v) is 6.94. The van der Waals surface area contributed by atoms with Crippen LogP contribution in [0, 0.1) is 12.7 Å². The number of aryl methyl sites for hydroxylation is 1. The summed E-state index contributed by atoms with van der Waals surface area (Å²) < 4.78 is 18.8. The summed E-state index contributed by atoms with van der Waals surface area (Å²) in [7, 11) is 0. The van der Waals surface area contributed by atoms with E-state index in [1.165, 1.54) is 31.4 Å². The average Bonchev–Trinajstić information content (AvgIpc) is 3.27. The van der Waals surface area contributed by atoms with Gasteiger partial charge in [-0.15, -0.1) is 11.3 Å². The van der Waals surface area contributed by atoms with Crippen molar-refractivity contribution >= 4 is 45.4 Å². The molecule has 0 unspecified atom stereocenters. The first-order chi connectivity index (χ1) is 13.3. The fraction of sp³-hybridized carbons (Fsp3) is 0.105. The molecule has 1 aromatic carbocycles. The van der Waals surface area contributed by atoms with E-state index >= 15 is 0 Å². The lowest BCUT2D eigenvalue weighted by Gasteiger charge is -2.08. The number of thiophene rings is 1. The molecule has 3 amide bonds. The molecule has 0 aliphatic heterocycles. The number of benzene rings is 1. The minimum Gasteiger partial charge on any atom is -0.459 e. The third-order valence-electron chi connectivity index (χ3n) is 3.64. The Morgan fingerprint density at radius 3 is 2.50 bits per heavy atom. The van der Waals surface area contributed by atoms with Gasteiger partial charge in [-0.3, -0.25) is 14.4 Å². The van der Waals surface area contributed by atoms with Gasteiger partial charge in [-0.25, -0.2) is 4.39 Å². The highest BCUT2D eigenvalue weighted by Gasteiger charge is 2.17. The molecule has 2 aromatic heterocycles. The van der Waals surface area contributed by atoms with E-state index < -0.39 is 23.5 Å². The molecule has 3 N–H and O–H groups in total. The number of furan rings is 1. The lowest BCUT2D eigenvalue weighted by molar-refractivity contribution is -0.114. The molecule has 3 aromatic rings. The largest absolute Gasteiger partial charge is 0.459 e. The highest BCUT2D eigenvalue weighted by atomic mass is 32.1. The summed E-state index contributed by atoms with van der Waals surface area (Å²) in [6.07, 6.45) is 1.39. The van der Waals surface area contributed by atoms with Gasteiger partial charge in [0.2, 0.25) is 5.91 Å². The number of carbonyl (C=O) groups excluding carboxylic acids is 3.